The van der Waals surface area contributed by atoms with Crippen molar-refractivity contribution >= 4 is 17.7 Å². The van der Waals surface area contributed by atoms with Gasteiger partial charge >= 0.3 is 0 Å². The standard InChI is InChI=1S/C11H18N2O2S/c14-9-3-7-1-2-8(4-9)13(7)11(15)10-5-16-6-12-10/h7-10,12,14H,1-6H2. The van der Waals surface area contributed by atoms with Crippen molar-refractivity contribution in [2.75, 3.05) is 11.6 Å². The second-order valence-electron chi connectivity index (χ2n) is 5.03. The summed E-state index contributed by atoms with van der Waals surface area (Å²) in [4.78, 5) is 14.4. The Labute approximate surface area is 99.8 Å². The van der Waals surface area contributed by atoms with Gasteiger partial charge in [0.25, 0.3) is 0 Å². The molecule has 0 spiro atoms. The number of amides is 1. The van der Waals surface area contributed by atoms with Crippen molar-refractivity contribution in [2.45, 2.75) is 49.9 Å². The smallest absolute Gasteiger partial charge is 0.241 e. The van der Waals surface area contributed by atoms with Gasteiger partial charge in [-0.1, -0.05) is 0 Å². The number of fused-ring (bicyclic) bond motifs is 2. The van der Waals surface area contributed by atoms with E-state index in [9.17, 15) is 9.90 Å². The van der Waals surface area contributed by atoms with E-state index in [1.807, 2.05) is 0 Å². The number of thioether (sulfide) groups is 1. The second-order valence-corrected chi connectivity index (χ2v) is 6.06. The van der Waals surface area contributed by atoms with Crippen LogP contribution in [0.1, 0.15) is 25.7 Å². The highest BCUT2D eigenvalue weighted by Crippen LogP contribution is 2.36. The van der Waals surface area contributed by atoms with E-state index in [1.54, 1.807) is 11.8 Å². The molecule has 0 aromatic heterocycles. The predicted octanol–water partition coefficient (Wildman–Crippen LogP) is 0.163. The van der Waals surface area contributed by atoms with Gasteiger partial charge in [0.2, 0.25) is 5.91 Å². The number of piperidine rings is 1. The van der Waals surface area contributed by atoms with Crippen LogP contribution in [-0.4, -0.2) is 51.8 Å². The van der Waals surface area contributed by atoms with Crippen LogP contribution in [0.15, 0.2) is 0 Å². The maximum absolute atomic E-state index is 12.3. The molecule has 0 aromatic rings. The zero-order valence-electron chi connectivity index (χ0n) is 9.26. The Morgan fingerprint density at radius 3 is 2.56 bits per heavy atom. The van der Waals surface area contributed by atoms with Crippen molar-refractivity contribution in [1.82, 2.24) is 10.2 Å². The van der Waals surface area contributed by atoms with Crippen molar-refractivity contribution in [2.24, 2.45) is 0 Å². The lowest BCUT2D eigenvalue weighted by atomic mass is 9.99. The number of aliphatic hydroxyl groups excluding tert-OH is 1. The molecule has 2 bridgehead atoms. The Kier molecular flexibility index (Phi) is 2.85. The molecular weight excluding hydrogens is 224 g/mol. The topological polar surface area (TPSA) is 52.6 Å². The van der Waals surface area contributed by atoms with Gasteiger partial charge in [-0.3, -0.25) is 10.1 Å². The fourth-order valence-electron chi connectivity index (χ4n) is 3.24. The fourth-order valence-corrected chi connectivity index (χ4v) is 4.17. The van der Waals surface area contributed by atoms with Gasteiger partial charge in [-0.2, -0.15) is 0 Å². The molecular formula is C11H18N2O2S. The lowest BCUT2D eigenvalue weighted by molar-refractivity contribution is -0.138. The summed E-state index contributed by atoms with van der Waals surface area (Å²) in [6.07, 6.45) is 3.53. The van der Waals surface area contributed by atoms with Gasteiger partial charge in [0.15, 0.2) is 0 Å². The Balaban J connectivity index is 1.72. The summed E-state index contributed by atoms with van der Waals surface area (Å²) in [7, 11) is 0. The first kappa shape index (κ1) is 10.9. The Bertz CT molecular complexity index is 280. The molecule has 1 amide bonds. The quantitative estimate of drug-likeness (QED) is 0.688. The van der Waals surface area contributed by atoms with E-state index < -0.39 is 0 Å². The zero-order chi connectivity index (χ0) is 11.1. The summed E-state index contributed by atoms with van der Waals surface area (Å²) in [5.74, 6) is 2.06. The van der Waals surface area contributed by atoms with E-state index in [2.05, 4.69) is 10.2 Å². The molecule has 3 aliphatic rings. The van der Waals surface area contributed by atoms with Crippen LogP contribution >= 0.6 is 11.8 Å². The largest absolute Gasteiger partial charge is 0.393 e. The van der Waals surface area contributed by atoms with Crippen LogP contribution in [0.5, 0.6) is 0 Å². The maximum atomic E-state index is 12.3. The van der Waals surface area contributed by atoms with E-state index >= 15 is 0 Å². The Hall–Kier alpha value is -0.260. The molecule has 90 valence electrons. The molecule has 2 N–H and O–H groups in total. The average molecular weight is 242 g/mol. The molecule has 0 radical (unpaired) electrons. The first-order valence-corrected chi connectivity index (χ1v) is 7.22. The highest BCUT2D eigenvalue weighted by atomic mass is 32.2. The molecule has 16 heavy (non-hydrogen) atoms. The van der Waals surface area contributed by atoms with Crippen molar-refractivity contribution in [3.8, 4) is 0 Å². The van der Waals surface area contributed by atoms with Gasteiger partial charge in [-0.15, -0.1) is 11.8 Å². The molecule has 0 saturated carbocycles. The summed E-state index contributed by atoms with van der Waals surface area (Å²) in [5, 5.41) is 12.9. The van der Waals surface area contributed by atoms with Gasteiger partial charge < -0.3 is 10.0 Å². The van der Waals surface area contributed by atoms with Crippen LogP contribution in [-0.2, 0) is 4.79 Å². The van der Waals surface area contributed by atoms with E-state index in [1.165, 1.54) is 0 Å². The number of carbonyl (C=O) groups is 1. The predicted molar refractivity (Wildman–Crippen MR) is 63.1 cm³/mol. The number of rotatable bonds is 1. The third kappa shape index (κ3) is 1.75. The minimum Gasteiger partial charge on any atom is -0.393 e. The van der Waals surface area contributed by atoms with E-state index in [4.69, 9.17) is 0 Å². The van der Waals surface area contributed by atoms with Crippen LogP contribution in [0.2, 0.25) is 0 Å². The summed E-state index contributed by atoms with van der Waals surface area (Å²) in [5.41, 5.74) is 0. The van der Waals surface area contributed by atoms with E-state index in [-0.39, 0.29) is 18.1 Å². The minimum absolute atomic E-state index is 0.0170. The molecule has 3 heterocycles. The number of aliphatic hydroxyl groups is 1. The Morgan fingerprint density at radius 1 is 1.31 bits per heavy atom. The monoisotopic (exact) mass is 242 g/mol. The molecule has 3 fully saturated rings. The summed E-state index contributed by atoms with van der Waals surface area (Å²) in [6, 6.07) is 0.616. The molecule has 3 unspecified atom stereocenters. The molecule has 3 rings (SSSR count). The van der Waals surface area contributed by atoms with Crippen molar-refractivity contribution in [1.29, 1.82) is 0 Å². The second kappa shape index (κ2) is 4.20. The highest BCUT2D eigenvalue weighted by molar-refractivity contribution is 7.99. The molecule has 3 atom stereocenters. The van der Waals surface area contributed by atoms with Crippen molar-refractivity contribution in [3.05, 3.63) is 0 Å². The van der Waals surface area contributed by atoms with Crippen LogP contribution in [0.3, 0.4) is 0 Å². The van der Waals surface area contributed by atoms with Gasteiger partial charge in [0.05, 0.1) is 12.1 Å². The molecule has 0 aromatic carbocycles. The molecule has 3 saturated heterocycles. The number of nitrogens with one attached hydrogen (secondary N) is 1. The van der Waals surface area contributed by atoms with Crippen LogP contribution < -0.4 is 5.32 Å². The van der Waals surface area contributed by atoms with Crippen molar-refractivity contribution < 1.29 is 9.90 Å². The zero-order valence-corrected chi connectivity index (χ0v) is 10.1. The van der Waals surface area contributed by atoms with Gasteiger partial charge in [-0.05, 0) is 25.7 Å². The first-order chi connectivity index (χ1) is 7.75. The maximum Gasteiger partial charge on any atom is 0.241 e. The number of hydrogen-bond donors (Lipinski definition) is 2. The SMILES string of the molecule is O=C(C1CSCN1)N1C2CCC1CC(O)C2. The number of nitrogens with zero attached hydrogens (tertiary/aromatic N) is 1. The molecule has 4 nitrogen and oxygen atoms in total. The number of carbonyl (C=O) groups excluding carboxylic acids is 1. The van der Waals surface area contributed by atoms with Crippen LogP contribution in [0.25, 0.3) is 0 Å². The lowest BCUT2D eigenvalue weighted by Crippen LogP contribution is -2.54. The van der Waals surface area contributed by atoms with Gasteiger partial charge in [-0.25, -0.2) is 0 Å². The van der Waals surface area contributed by atoms with Gasteiger partial charge in [0, 0.05) is 23.7 Å². The van der Waals surface area contributed by atoms with E-state index in [0.717, 1.165) is 37.3 Å². The van der Waals surface area contributed by atoms with Gasteiger partial charge in [0.1, 0.15) is 0 Å². The molecule has 5 heteroatoms. The van der Waals surface area contributed by atoms with E-state index in [0.29, 0.717) is 12.1 Å². The molecule has 3 aliphatic heterocycles. The third-order valence-electron chi connectivity index (χ3n) is 3.98. The number of hydrogen-bond acceptors (Lipinski definition) is 4. The third-order valence-corrected chi connectivity index (χ3v) is 4.92. The fraction of sp³-hybridized carbons (Fsp3) is 0.909. The first-order valence-electron chi connectivity index (χ1n) is 6.07. The summed E-state index contributed by atoms with van der Waals surface area (Å²) in [6.45, 7) is 0. The normalized spacial score (nSPS) is 42.7. The van der Waals surface area contributed by atoms with Crippen molar-refractivity contribution in [3.63, 3.8) is 0 Å². The van der Waals surface area contributed by atoms with Crippen LogP contribution in [0.4, 0.5) is 0 Å². The summed E-state index contributed by atoms with van der Waals surface area (Å²) < 4.78 is 0. The molecule has 0 aliphatic carbocycles. The lowest BCUT2D eigenvalue weighted by Gasteiger charge is -2.38. The highest BCUT2D eigenvalue weighted by Gasteiger charge is 2.44. The summed E-state index contributed by atoms with van der Waals surface area (Å²) >= 11 is 1.79. The average Bonchev–Trinajstić information content (AvgIpc) is 2.85. The Morgan fingerprint density at radius 2 is 2.00 bits per heavy atom. The van der Waals surface area contributed by atoms with Crippen LogP contribution in [0, 0.1) is 0 Å². The minimum atomic E-state index is -0.188.